The summed E-state index contributed by atoms with van der Waals surface area (Å²) in [6.45, 7) is 8.98. The maximum absolute atomic E-state index is 13.1. The van der Waals surface area contributed by atoms with Gasteiger partial charge in [0.1, 0.15) is 11.6 Å². The van der Waals surface area contributed by atoms with Gasteiger partial charge >= 0.3 is 0 Å². The lowest BCUT2D eigenvalue weighted by Crippen LogP contribution is -2.54. The molecule has 0 spiro atoms. The van der Waals surface area contributed by atoms with E-state index in [1.165, 1.54) is 18.2 Å². The zero-order chi connectivity index (χ0) is 14.6. The SMILES string of the molecule is CC(C)(CNCc1cc(F)ccc1O)N1CCOCC1. The van der Waals surface area contributed by atoms with Gasteiger partial charge in [0.25, 0.3) is 0 Å². The summed E-state index contributed by atoms with van der Waals surface area (Å²) >= 11 is 0. The maximum Gasteiger partial charge on any atom is 0.123 e. The summed E-state index contributed by atoms with van der Waals surface area (Å²) in [6.07, 6.45) is 0. The first kappa shape index (κ1) is 15.2. The molecule has 4 nitrogen and oxygen atoms in total. The van der Waals surface area contributed by atoms with Gasteiger partial charge in [0.2, 0.25) is 0 Å². The van der Waals surface area contributed by atoms with Gasteiger partial charge in [-0.2, -0.15) is 0 Å². The molecule has 0 bridgehead atoms. The Labute approximate surface area is 119 Å². The number of ether oxygens (including phenoxy) is 1. The molecule has 1 saturated heterocycles. The van der Waals surface area contributed by atoms with Gasteiger partial charge < -0.3 is 15.2 Å². The quantitative estimate of drug-likeness (QED) is 0.863. The molecular weight excluding hydrogens is 259 g/mol. The Kier molecular flexibility index (Phi) is 4.96. The Morgan fingerprint density at radius 3 is 2.75 bits per heavy atom. The summed E-state index contributed by atoms with van der Waals surface area (Å²) in [5.74, 6) is -0.199. The van der Waals surface area contributed by atoms with Gasteiger partial charge in [-0.05, 0) is 32.0 Å². The van der Waals surface area contributed by atoms with E-state index >= 15 is 0 Å². The van der Waals surface area contributed by atoms with Crippen LogP contribution in [0, 0.1) is 5.82 Å². The highest BCUT2D eigenvalue weighted by Gasteiger charge is 2.27. The van der Waals surface area contributed by atoms with Crippen LogP contribution in [0.15, 0.2) is 18.2 Å². The predicted octanol–water partition coefficient (Wildman–Crippen LogP) is 1.73. The first-order valence-electron chi connectivity index (χ1n) is 7.00. The number of nitrogens with one attached hydrogen (secondary N) is 1. The molecule has 1 fully saturated rings. The zero-order valence-electron chi connectivity index (χ0n) is 12.2. The lowest BCUT2D eigenvalue weighted by Gasteiger charge is -2.41. The molecule has 1 aliphatic heterocycles. The minimum atomic E-state index is -0.327. The van der Waals surface area contributed by atoms with Crippen LogP contribution in [0.3, 0.4) is 0 Å². The van der Waals surface area contributed by atoms with Crippen LogP contribution in [0.25, 0.3) is 0 Å². The van der Waals surface area contributed by atoms with E-state index in [-0.39, 0.29) is 17.1 Å². The Bertz CT molecular complexity index is 445. The molecule has 0 saturated carbocycles. The molecule has 5 heteroatoms. The molecule has 0 amide bonds. The van der Waals surface area contributed by atoms with Crippen molar-refractivity contribution in [1.29, 1.82) is 0 Å². The van der Waals surface area contributed by atoms with Crippen molar-refractivity contribution in [2.24, 2.45) is 0 Å². The molecule has 1 heterocycles. The number of phenolic OH excluding ortho intramolecular Hbond substituents is 1. The van der Waals surface area contributed by atoms with Gasteiger partial charge in [-0.1, -0.05) is 0 Å². The molecule has 0 unspecified atom stereocenters. The third-order valence-electron chi connectivity index (χ3n) is 3.78. The van der Waals surface area contributed by atoms with Crippen molar-refractivity contribution < 1.29 is 14.2 Å². The standard InChI is InChI=1S/C15H23FN2O2/c1-15(2,18-5-7-20-8-6-18)11-17-10-12-9-13(16)3-4-14(12)19/h3-4,9,17,19H,5-8,10-11H2,1-2H3. The topological polar surface area (TPSA) is 44.7 Å². The molecule has 0 aliphatic carbocycles. The highest BCUT2D eigenvalue weighted by atomic mass is 19.1. The molecule has 1 aromatic carbocycles. The monoisotopic (exact) mass is 282 g/mol. The Morgan fingerprint density at radius 1 is 1.35 bits per heavy atom. The number of morpholine rings is 1. The first-order chi connectivity index (χ1) is 9.49. The van der Waals surface area contributed by atoms with E-state index in [1.54, 1.807) is 0 Å². The summed E-state index contributed by atoms with van der Waals surface area (Å²) in [4.78, 5) is 2.38. The van der Waals surface area contributed by atoms with Gasteiger partial charge in [0, 0.05) is 37.3 Å². The van der Waals surface area contributed by atoms with Crippen molar-refractivity contribution >= 4 is 0 Å². The summed E-state index contributed by atoms with van der Waals surface area (Å²) in [5, 5.41) is 13.0. The third kappa shape index (κ3) is 3.91. The van der Waals surface area contributed by atoms with Crippen LogP contribution in [-0.2, 0) is 11.3 Å². The lowest BCUT2D eigenvalue weighted by atomic mass is 10.0. The van der Waals surface area contributed by atoms with Crippen molar-refractivity contribution in [3.8, 4) is 5.75 Å². The fourth-order valence-corrected chi connectivity index (χ4v) is 2.48. The fraction of sp³-hybridized carbons (Fsp3) is 0.600. The van der Waals surface area contributed by atoms with Gasteiger partial charge in [-0.3, -0.25) is 4.90 Å². The highest BCUT2D eigenvalue weighted by Crippen LogP contribution is 2.19. The van der Waals surface area contributed by atoms with Crippen LogP contribution >= 0.6 is 0 Å². The van der Waals surface area contributed by atoms with Crippen LogP contribution in [0.4, 0.5) is 4.39 Å². The van der Waals surface area contributed by atoms with E-state index < -0.39 is 0 Å². The largest absolute Gasteiger partial charge is 0.508 e. The molecule has 0 radical (unpaired) electrons. The van der Waals surface area contributed by atoms with Crippen LogP contribution < -0.4 is 5.32 Å². The minimum absolute atomic E-state index is 0.00667. The number of rotatable bonds is 5. The second kappa shape index (κ2) is 6.52. The van der Waals surface area contributed by atoms with Gasteiger partial charge in [-0.15, -0.1) is 0 Å². The molecule has 2 N–H and O–H groups in total. The van der Waals surface area contributed by atoms with E-state index in [9.17, 15) is 9.50 Å². The summed E-state index contributed by atoms with van der Waals surface area (Å²) in [7, 11) is 0. The van der Waals surface area contributed by atoms with E-state index in [1.807, 2.05) is 0 Å². The van der Waals surface area contributed by atoms with Gasteiger partial charge in [0.05, 0.1) is 13.2 Å². The molecule has 0 aromatic heterocycles. The van der Waals surface area contributed by atoms with Crippen molar-refractivity contribution in [2.75, 3.05) is 32.8 Å². The summed E-state index contributed by atoms with van der Waals surface area (Å²) < 4.78 is 18.5. The van der Waals surface area contributed by atoms with Crippen LogP contribution in [0.2, 0.25) is 0 Å². The van der Waals surface area contributed by atoms with Crippen molar-refractivity contribution in [3.63, 3.8) is 0 Å². The smallest absolute Gasteiger partial charge is 0.123 e. The molecule has 2 rings (SSSR count). The van der Waals surface area contributed by atoms with Gasteiger partial charge in [0.15, 0.2) is 0 Å². The number of halogens is 1. The van der Waals surface area contributed by atoms with Crippen LogP contribution in [-0.4, -0.2) is 48.4 Å². The normalized spacial score (nSPS) is 17.4. The summed E-state index contributed by atoms with van der Waals surface area (Å²) in [5.41, 5.74) is 0.593. The zero-order valence-corrected chi connectivity index (χ0v) is 12.2. The Balaban J connectivity index is 1.86. The Hall–Kier alpha value is -1.17. The van der Waals surface area contributed by atoms with Crippen LogP contribution in [0.5, 0.6) is 5.75 Å². The molecule has 1 aliphatic rings. The molecule has 112 valence electrons. The average Bonchev–Trinajstić information content (AvgIpc) is 2.43. The number of nitrogens with zero attached hydrogens (tertiary/aromatic N) is 1. The number of hydrogen-bond acceptors (Lipinski definition) is 4. The molecule has 1 aromatic rings. The number of phenols is 1. The molecule has 20 heavy (non-hydrogen) atoms. The predicted molar refractivity (Wildman–Crippen MR) is 76.2 cm³/mol. The van der Waals surface area contributed by atoms with Crippen LogP contribution in [0.1, 0.15) is 19.4 Å². The number of aromatic hydroxyl groups is 1. The molecule has 0 atom stereocenters. The number of hydrogen-bond donors (Lipinski definition) is 2. The maximum atomic E-state index is 13.1. The third-order valence-corrected chi connectivity index (χ3v) is 3.78. The fourth-order valence-electron chi connectivity index (χ4n) is 2.48. The van der Waals surface area contributed by atoms with Crippen molar-refractivity contribution in [1.82, 2.24) is 10.2 Å². The van der Waals surface area contributed by atoms with Crippen molar-refractivity contribution in [3.05, 3.63) is 29.6 Å². The lowest BCUT2D eigenvalue weighted by molar-refractivity contribution is -0.00967. The van der Waals surface area contributed by atoms with Crippen molar-refractivity contribution in [2.45, 2.75) is 25.9 Å². The van der Waals surface area contributed by atoms with E-state index in [2.05, 4.69) is 24.1 Å². The first-order valence-corrected chi connectivity index (χ1v) is 7.00. The second-order valence-corrected chi connectivity index (χ2v) is 5.79. The second-order valence-electron chi connectivity index (χ2n) is 5.79. The van der Waals surface area contributed by atoms with E-state index in [0.717, 1.165) is 32.8 Å². The van der Waals surface area contributed by atoms with Gasteiger partial charge in [-0.25, -0.2) is 4.39 Å². The average molecular weight is 282 g/mol. The number of benzene rings is 1. The highest BCUT2D eigenvalue weighted by molar-refractivity contribution is 5.32. The van der Waals surface area contributed by atoms with E-state index in [0.29, 0.717) is 12.1 Å². The Morgan fingerprint density at radius 2 is 2.05 bits per heavy atom. The summed E-state index contributed by atoms with van der Waals surface area (Å²) in [6, 6.07) is 4.01. The molecular formula is C15H23FN2O2. The minimum Gasteiger partial charge on any atom is -0.508 e. The van der Waals surface area contributed by atoms with E-state index in [4.69, 9.17) is 4.74 Å².